The van der Waals surface area contributed by atoms with E-state index in [-0.39, 0.29) is 0 Å². The van der Waals surface area contributed by atoms with Crippen molar-refractivity contribution >= 4 is 0 Å². The van der Waals surface area contributed by atoms with E-state index >= 15 is 0 Å². The van der Waals surface area contributed by atoms with Crippen molar-refractivity contribution in [2.45, 2.75) is 12.8 Å². The lowest BCUT2D eigenvalue weighted by molar-refractivity contribution is 1.00. The minimum absolute atomic E-state index is 0.978. The summed E-state index contributed by atoms with van der Waals surface area (Å²) in [5, 5.41) is 0. The SMILES string of the molecule is C=C[CH+]CC[CH2-]. The van der Waals surface area contributed by atoms with E-state index in [4.69, 9.17) is 0 Å². The van der Waals surface area contributed by atoms with Crippen molar-refractivity contribution in [3.05, 3.63) is 26.0 Å². The zero-order valence-electron chi connectivity index (χ0n) is 3.98. The molecule has 0 aromatic rings. The van der Waals surface area contributed by atoms with Gasteiger partial charge in [0.2, 0.25) is 0 Å². The van der Waals surface area contributed by atoms with Crippen LogP contribution in [0.3, 0.4) is 0 Å². The summed E-state index contributed by atoms with van der Waals surface area (Å²) < 4.78 is 0. The van der Waals surface area contributed by atoms with Crippen LogP contribution in [0.5, 0.6) is 0 Å². The summed E-state index contributed by atoms with van der Waals surface area (Å²) in [6, 6.07) is 0. The van der Waals surface area contributed by atoms with Crippen LogP contribution >= 0.6 is 0 Å². The number of hydrogen-bond donors (Lipinski definition) is 0. The lowest BCUT2D eigenvalue weighted by atomic mass is 10.3. The van der Waals surface area contributed by atoms with Gasteiger partial charge in [-0.05, 0) is 0 Å². The topological polar surface area (TPSA) is 0 Å². The molecule has 0 bridgehead atoms. The lowest BCUT2D eigenvalue weighted by Crippen LogP contribution is -1.64. The third-order valence-electron chi connectivity index (χ3n) is 0.537. The Kier molecular flexibility index (Phi) is 4.31. The Morgan fingerprint density at radius 1 is 1.83 bits per heavy atom. The molecule has 0 heterocycles. The molecule has 0 aliphatic carbocycles. The summed E-state index contributed by atoms with van der Waals surface area (Å²) in [6.45, 7) is 7.16. The zero-order chi connectivity index (χ0) is 4.83. The molecular weight excluding hydrogens is 72.1 g/mol. The van der Waals surface area contributed by atoms with Crippen LogP contribution in [0.1, 0.15) is 12.8 Å². The highest BCUT2D eigenvalue weighted by atomic mass is 13.8. The molecule has 0 aliphatic rings. The van der Waals surface area contributed by atoms with Gasteiger partial charge in [-0.1, -0.05) is 0 Å². The maximum Gasteiger partial charge on any atom is 0.0863 e. The number of allylic oxidation sites excluding steroid dienone is 1. The molecule has 0 rings (SSSR count). The molecule has 0 fully saturated rings. The van der Waals surface area contributed by atoms with Crippen LogP contribution in [0.2, 0.25) is 0 Å². The molecule has 6 heavy (non-hydrogen) atoms. The van der Waals surface area contributed by atoms with Crippen LogP contribution in [0, 0.1) is 13.3 Å². The van der Waals surface area contributed by atoms with Crippen molar-refractivity contribution in [2.75, 3.05) is 0 Å². The van der Waals surface area contributed by atoms with Gasteiger partial charge in [0.05, 0.1) is 6.08 Å². The van der Waals surface area contributed by atoms with Gasteiger partial charge in [-0.25, -0.2) is 0 Å². The standard InChI is InChI=1S/C6H10/c1-3-5-6-4-2/h3,5H,1-2,4,6H2. The predicted molar refractivity (Wildman–Crippen MR) is 29.1 cm³/mol. The van der Waals surface area contributed by atoms with Crippen molar-refractivity contribution in [1.29, 1.82) is 0 Å². The molecule has 0 aromatic carbocycles. The first-order valence-electron chi connectivity index (χ1n) is 2.15. The predicted octanol–water partition coefficient (Wildman–Crippen LogP) is 1.99. The average Bonchev–Trinajstić information content (AvgIpc) is 1.61. The Labute approximate surface area is 39.9 Å². The Balaban J connectivity index is 2.49. The Bertz CT molecular complexity index is 29.0. The molecule has 0 heteroatoms. The van der Waals surface area contributed by atoms with Gasteiger partial charge in [0.25, 0.3) is 0 Å². The second-order valence-electron chi connectivity index (χ2n) is 1.11. The summed E-state index contributed by atoms with van der Waals surface area (Å²) in [5.74, 6) is 0. The molecule has 0 saturated carbocycles. The van der Waals surface area contributed by atoms with Crippen molar-refractivity contribution in [2.24, 2.45) is 0 Å². The smallest absolute Gasteiger partial charge is 0.0863 e. The monoisotopic (exact) mass is 82.1 g/mol. The Morgan fingerprint density at radius 3 is 2.67 bits per heavy atom. The van der Waals surface area contributed by atoms with Crippen molar-refractivity contribution < 1.29 is 0 Å². The number of hydrogen-bond acceptors (Lipinski definition) is 0. The van der Waals surface area contributed by atoms with Crippen molar-refractivity contribution in [1.82, 2.24) is 0 Å². The number of unbranched alkanes of at least 4 members (excludes halogenated alkanes) is 2. The van der Waals surface area contributed by atoms with E-state index in [9.17, 15) is 0 Å². The van der Waals surface area contributed by atoms with Crippen molar-refractivity contribution in [3.8, 4) is 0 Å². The third kappa shape index (κ3) is 3.61. The molecule has 0 atom stereocenters. The highest BCUT2D eigenvalue weighted by Crippen LogP contribution is 1.89. The fraction of sp³-hybridized carbons (Fsp3) is 0.333. The summed E-state index contributed by atoms with van der Waals surface area (Å²) >= 11 is 0. The van der Waals surface area contributed by atoms with Gasteiger partial charge in [0.15, 0.2) is 0 Å². The Hall–Kier alpha value is -0.390. The van der Waals surface area contributed by atoms with Gasteiger partial charge in [0, 0.05) is 19.4 Å². The van der Waals surface area contributed by atoms with Crippen LogP contribution < -0.4 is 0 Å². The first-order chi connectivity index (χ1) is 2.91. The normalized spacial score (nSPS) is 7.50. The molecule has 0 aromatic heterocycles. The molecular formula is C6H10. The fourth-order valence-corrected chi connectivity index (χ4v) is 0.236. The number of rotatable bonds is 3. The van der Waals surface area contributed by atoms with Crippen LogP contribution in [-0.2, 0) is 0 Å². The molecule has 0 aliphatic heterocycles. The fourth-order valence-electron chi connectivity index (χ4n) is 0.236. The minimum Gasteiger partial charge on any atom is -0.341 e. The van der Waals surface area contributed by atoms with E-state index in [2.05, 4.69) is 13.5 Å². The van der Waals surface area contributed by atoms with Crippen molar-refractivity contribution in [3.63, 3.8) is 0 Å². The maximum absolute atomic E-state index is 3.64. The maximum atomic E-state index is 3.64. The molecule has 0 saturated heterocycles. The summed E-state index contributed by atoms with van der Waals surface area (Å²) in [4.78, 5) is 0. The first-order valence-corrected chi connectivity index (χ1v) is 2.15. The van der Waals surface area contributed by atoms with Gasteiger partial charge in [-0.2, -0.15) is 6.42 Å². The van der Waals surface area contributed by atoms with Crippen LogP contribution in [0.4, 0.5) is 0 Å². The zero-order valence-corrected chi connectivity index (χ0v) is 3.98. The Morgan fingerprint density at radius 2 is 2.50 bits per heavy atom. The van der Waals surface area contributed by atoms with Gasteiger partial charge in [-0.3, -0.25) is 0 Å². The first kappa shape index (κ1) is 5.61. The van der Waals surface area contributed by atoms with Gasteiger partial charge in [-0.15, -0.1) is 0 Å². The van der Waals surface area contributed by atoms with Crippen LogP contribution in [0.15, 0.2) is 12.7 Å². The average molecular weight is 82.1 g/mol. The summed E-state index contributed by atoms with van der Waals surface area (Å²) in [5.41, 5.74) is 0. The van der Waals surface area contributed by atoms with E-state index in [1.807, 2.05) is 6.42 Å². The van der Waals surface area contributed by atoms with Gasteiger partial charge in [0.1, 0.15) is 0 Å². The van der Waals surface area contributed by atoms with E-state index in [0.29, 0.717) is 0 Å². The third-order valence-corrected chi connectivity index (χ3v) is 0.537. The molecule has 0 unspecified atom stereocenters. The molecule has 0 amide bonds. The lowest BCUT2D eigenvalue weighted by Gasteiger charge is -1.82. The van der Waals surface area contributed by atoms with E-state index in [1.54, 1.807) is 6.08 Å². The van der Waals surface area contributed by atoms with Gasteiger partial charge >= 0.3 is 0 Å². The van der Waals surface area contributed by atoms with E-state index < -0.39 is 0 Å². The minimum atomic E-state index is 0.978. The van der Waals surface area contributed by atoms with E-state index in [1.165, 1.54) is 0 Å². The second kappa shape index (κ2) is 4.61. The molecule has 0 nitrogen and oxygen atoms in total. The van der Waals surface area contributed by atoms with Crippen LogP contribution in [-0.4, -0.2) is 0 Å². The molecule has 0 N–H and O–H groups in total. The second-order valence-corrected chi connectivity index (χ2v) is 1.11. The largest absolute Gasteiger partial charge is 0.341 e. The summed E-state index contributed by atoms with van der Waals surface area (Å²) in [6.07, 6.45) is 5.84. The molecule has 0 spiro atoms. The highest BCUT2D eigenvalue weighted by molar-refractivity contribution is 4.85. The van der Waals surface area contributed by atoms with E-state index in [0.717, 1.165) is 12.8 Å². The molecule has 0 radical (unpaired) electrons. The molecule has 34 valence electrons. The quantitative estimate of drug-likeness (QED) is 0.361. The van der Waals surface area contributed by atoms with Crippen LogP contribution in [0.25, 0.3) is 0 Å². The van der Waals surface area contributed by atoms with Gasteiger partial charge < -0.3 is 6.92 Å². The highest BCUT2D eigenvalue weighted by Gasteiger charge is 1.74. The summed E-state index contributed by atoms with van der Waals surface area (Å²) in [7, 11) is 0.